The number of hydrogen-bond acceptors (Lipinski definition) is 2. The second kappa shape index (κ2) is 9.25. The lowest BCUT2D eigenvalue weighted by atomic mass is 9.97. The van der Waals surface area contributed by atoms with Crippen LogP contribution in [-0.4, -0.2) is 35.5 Å². The average Bonchev–Trinajstić information content (AvgIpc) is 2.61. The zero-order valence-corrected chi connectivity index (χ0v) is 16.8. The first-order valence-corrected chi connectivity index (χ1v) is 9.72. The lowest BCUT2D eigenvalue weighted by Gasteiger charge is -2.26. The van der Waals surface area contributed by atoms with Gasteiger partial charge in [-0.15, -0.1) is 0 Å². The molecule has 0 aromatic heterocycles. The van der Waals surface area contributed by atoms with Gasteiger partial charge >= 0.3 is 0 Å². The fraction of sp³-hybridized carbons (Fsp3) is 0.545. The van der Waals surface area contributed by atoms with Gasteiger partial charge < -0.3 is 4.90 Å². The molecular formula is C22H30F2N2O. The number of unbranched alkanes of at least 4 members (excludes halogenated alkanes) is 1. The lowest BCUT2D eigenvalue weighted by Crippen LogP contribution is -2.38. The molecule has 0 spiro atoms. The van der Waals surface area contributed by atoms with Gasteiger partial charge in [0, 0.05) is 25.2 Å². The summed E-state index contributed by atoms with van der Waals surface area (Å²) in [5.41, 5.74) is 4.42. The van der Waals surface area contributed by atoms with Gasteiger partial charge in [0.25, 0.3) is 5.91 Å². The predicted molar refractivity (Wildman–Crippen MR) is 107 cm³/mol. The molecule has 1 heterocycles. The Morgan fingerprint density at radius 1 is 1.19 bits per heavy atom. The van der Waals surface area contributed by atoms with Gasteiger partial charge in [-0.1, -0.05) is 37.6 Å². The van der Waals surface area contributed by atoms with Crippen LogP contribution in [0, 0.1) is 0 Å². The van der Waals surface area contributed by atoms with Crippen LogP contribution in [-0.2, 0) is 11.2 Å². The minimum Gasteiger partial charge on any atom is -0.337 e. The van der Waals surface area contributed by atoms with Gasteiger partial charge in [0.05, 0.1) is 0 Å². The molecule has 148 valence electrons. The van der Waals surface area contributed by atoms with Crippen molar-refractivity contribution in [2.24, 2.45) is 4.99 Å². The van der Waals surface area contributed by atoms with Crippen molar-refractivity contribution in [3.8, 4) is 0 Å². The molecule has 0 saturated heterocycles. The fourth-order valence-corrected chi connectivity index (χ4v) is 3.28. The highest BCUT2D eigenvalue weighted by Crippen LogP contribution is 2.27. The number of hydrogen-bond donors (Lipinski definition) is 0. The van der Waals surface area contributed by atoms with E-state index in [0.717, 1.165) is 55.1 Å². The van der Waals surface area contributed by atoms with Crippen molar-refractivity contribution in [2.75, 3.05) is 13.1 Å². The summed E-state index contributed by atoms with van der Waals surface area (Å²) >= 11 is 0. The Labute approximate surface area is 161 Å². The van der Waals surface area contributed by atoms with E-state index in [-0.39, 0.29) is 12.3 Å². The van der Waals surface area contributed by atoms with Crippen molar-refractivity contribution < 1.29 is 13.6 Å². The highest BCUT2D eigenvalue weighted by molar-refractivity contribution is 6.38. The largest absolute Gasteiger partial charge is 0.337 e. The number of allylic oxidation sites excluding steroid dienone is 1. The van der Waals surface area contributed by atoms with Crippen LogP contribution >= 0.6 is 0 Å². The van der Waals surface area contributed by atoms with E-state index in [4.69, 9.17) is 0 Å². The van der Waals surface area contributed by atoms with Crippen LogP contribution in [0.15, 0.2) is 35.0 Å². The van der Waals surface area contributed by atoms with Gasteiger partial charge in [0.2, 0.25) is 5.92 Å². The standard InChI is InChI=1S/C22H30F2N2O/c1-5-6-14-26-15-12-20(16(2)25-17(3)21(26)27)19-9-7-18(8-10-19)11-13-22(4,23)24/h7-10H,5-6,11-15H2,1-4H3/b20-16+,25-17+. The number of aryl methyl sites for hydroxylation is 1. The Hall–Kier alpha value is -2.04. The van der Waals surface area contributed by atoms with Gasteiger partial charge in [0.1, 0.15) is 5.71 Å². The quantitative estimate of drug-likeness (QED) is 0.618. The van der Waals surface area contributed by atoms with E-state index in [1.807, 2.05) is 36.1 Å². The Balaban J connectivity index is 2.20. The molecular weight excluding hydrogens is 346 g/mol. The van der Waals surface area contributed by atoms with Gasteiger partial charge in [-0.05, 0) is 56.7 Å². The topological polar surface area (TPSA) is 32.7 Å². The van der Waals surface area contributed by atoms with Gasteiger partial charge in [0.15, 0.2) is 0 Å². The fourth-order valence-electron chi connectivity index (χ4n) is 3.28. The molecule has 0 saturated carbocycles. The second-order valence-electron chi connectivity index (χ2n) is 7.42. The predicted octanol–water partition coefficient (Wildman–Crippen LogP) is 5.50. The molecule has 3 nitrogen and oxygen atoms in total. The molecule has 1 aromatic rings. The molecule has 0 atom stereocenters. The number of rotatable bonds is 7. The summed E-state index contributed by atoms with van der Waals surface area (Å²) in [5.74, 6) is -2.63. The summed E-state index contributed by atoms with van der Waals surface area (Å²) < 4.78 is 26.1. The molecule has 1 aliphatic heterocycles. The first kappa shape index (κ1) is 21.3. The monoisotopic (exact) mass is 376 g/mol. The van der Waals surface area contributed by atoms with Crippen LogP contribution in [0.1, 0.15) is 64.5 Å². The molecule has 0 fully saturated rings. The van der Waals surface area contributed by atoms with E-state index in [1.54, 1.807) is 6.92 Å². The molecule has 0 bridgehead atoms. The van der Waals surface area contributed by atoms with Crippen LogP contribution in [0.2, 0.25) is 0 Å². The van der Waals surface area contributed by atoms with Crippen LogP contribution in [0.5, 0.6) is 0 Å². The van der Waals surface area contributed by atoms with Gasteiger partial charge in [-0.25, -0.2) is 8.78 Å². The zero-order chi connectivity index (χ0) is 20.0. The Morgan fingerprint density at radius 2 is 1.85 bits per heavy atom. The SMILES string of the molecule is CCCCN1CC/C(c2ccc(CCC(C)(F)F)cc2)=C(C)\N=C(/C)C1=O. The maximum Gasteiger partial charge on any atom is 0.267 e. The lowest BCUT2D eigenvalue weighted by molar-refractivity contribution is -0.124. The van der Waals surface area contributed by atoms with Crippen molar-refractivity contribution in [3.05, 3.63) is 41.1 Å². The molecule has 1 aliphatic rings. The summed E-state index contributed by atoms with van der Waals surface area (Å²) in [7, 11) is 0. The maximum absolute atomic E-state index is 13.1. The second-order valence-corrected chi connectivity index (χ2v) is 7.42. The Kier molecular flexibility index (Phi) is 7.28. The highest BCUT2D eigenvalue weighted by Gasteiger charge is 2.22. The van der Waals surface area contributed by atoms with E-state index in [2.05, 4.69) is 11.9 Å². The van der Waals surface area contributed by atoms with Crippen LogP contribution in [0.25, 0.3) is 5.57 Å². The smallest absolute Gasteiger partial charge is 0.267 e. The van der Waals surface area contributed by atoms with E-state index in [0.29, 0.717) is 18.7 Å². The number of halogens is 2. The van der Waals surface area contributed by atoms with E-state index in [1.165, 1.54) is 0 Å². The molecule has 1 amide bonds. The molecule has 1 aromatic carbocycles. The minimum absolute atomic E-state index is 0.0118. The number of alkyl halides is 2. The van der Waals surface area contributed by atoms with Crippen molar-refractivity contribution >= 4 is 17.2 Å². The molecule has 2 rings (SSSR count). The summed E-state index contributed by atoms with van der Waals surface area (Å²) in [4.78, 5) is 18.9. The summed E-state index contributed by atoms with van der Waals surface area (Å²) in [6.07, 6.45) is 2.97. The van der Waals surface area contributed by atoms with Crippen molar-refractivity contribution in [1.82, 2.24) is 4.90 Å². The van der Waals surface area contributed by atoms with Gasteiger partial charge in [-0.3, -0.25) is 9.79 Å². The molecule has 0 N–H and O–H groups in total. The zero-order valence-electron chi connectivity index (χ0n) is 16.8. The van der Waals surface area contributed by atoms with Crippen LogP contribution < -0.4 is 0 Å². The first-order valence-electron chi connectivity index (χ1n) is 9.72. The number of amides is 1. The van der Waals surface area contributed by atoms with Crippen molar-refractivity contribution in [2.45, 2.75) is 65.7 Å². The molecule has 0 aliphatic carbocycles. The van der Waals surface area contributed by atoms with Crippen LogP contribution in [0.3, 0.4) is 0 Å². The average molecular weight is 376 g/mol. The summed E-state index contributed by atoms with van der Waals surface area (Å²) in [6.45, 7) is 8.18. The van der Waals surface area contributed by atoms with E-state index < -0.39 is 5.92 Å². The summed E-state index contributed by atoms with van der Waals surface area (Å²) in [6, 6.07) is 7.78. The minimum atomic E-state index is -2.64. The number of aliphatic imine (C=N–C) groups is 1. The number of carbonyl (C=O) groups excluding carboxylic acids is 1. The summed E-state index contributed by atoms with van der Waals surface area (Å²) in [5, 5.41) is 0. The van der Waals surface area contributed by atoms with Gasteiger partial charge in [-0.2, -0.15) is 0 Å². The maximum atomic E-state index is 13.1. The van der Waals surface area contributed by atoms with Crippen molar-refractivity contribution in [1.29, 1.82) is 0 Å². The number of benzene rings is 1. The molecule has 0 unspecified atom stereocenters. The molecule has 5 heteroatoms. The third-order valence-electron chi connectivity index (χ3n) is 4.94. The Bertz CT molecular complexity index is 715. The molecule has 27 heavy (non-hydrogen) atoms. The first-order chi connectivity index (χ1) is 12.7. The number of nitrogens with zero attached hydrogens (tertiary/aromatic N) is 2. The van der Waals surface area contributed by atoms with E-state index in [9.17, 15) is 13.6 Å². The Morgan fingerprint density at radius 3 is 2.44 bits per heavy atom. The number of carbonyl (C=O) groups is 1. The molecule has 0 radical (unpaired) electrons. The van der Waals surface area contributed by atoms with Crippen LogP contribution in [0.4, 0.5) is 8.78 Å². The third kappa shape index (κ3) is 6.26. The van der Waals surface area contributed by atoms with E-state index >= 15 is 0 Å². The third-order valence-corrected chi connectivity index (χ3v) is 4.94. The van der Waals surface area contributed by atoms with Crippen molar-refractivity contribution in [3.63, 3.8) is 0 Å². The normalized spacial score (nSPS) is 20.9. The highest BCUT2D eigenvalue weighted by atomic mass is 19.3.